The van der Waals surface area contributed by atoms with E-state index in [4.69, 9.17) is 15.9 Å². The third-order valence-electron chi connectivity index (χ3n) is 4.33. The Morgan fingerprint density at radius 3 is 2.68 bits per heavy atom. The minimum Gasteiger partial charge on any atom is -0.493 e. The van der Waals surface area contributed by atoms with Gasteiger partial charge in [-0.1, -0.05) is 5.92 Å². The molecule has 0 atom stereocenters. The number of amides is 3. The van der Waals surface area contributed by atoms with Gasteiger partial charge >= 0.3 is 0 Å². The molecule has 0 unspecified atom stereocenters. The second-order valence-corrected chi connectivity index (χ2v) is 8.72. The van der Waals surface area contributed by atoms with Gasteiger partial charge in [0.2, 0.25) is 5.91 Å². The highest BCUT2D eigenvalue weighted by Gasteiger charge is 2.36. The molecule has 12 heteroatoms. The van der Waals surface area contributed by atoms with Crippen molar-refractivity contribution in [2.45, 2.75) is 0 Å². The quantitative estimate of drug-likeness (QED) is 0.219. The number of hydrogen-bond donors (Lipinski definition) is 1. The van der Waals surface area contributed by atoms with Crippen molar-refractivity contribution in [3.8, 4) is 23.8 Å². The monoisotopic (exact) mass is 602 g/mol. The molecule has 0 radical (unpaired) electrons. The van der Waals surface area contributed by atoms with Crippen molar-refractivity contribution in [3.63, 3.8) is 0 Å². The van der Waals surface area contributed by atoms with Crippen LogP contribution in [0, 0.1) is 33.4 Å². The van der Waals surface area contributed by atoms with Crippen LogP contribution in [0.2, 0.25) is 0 Å². The number of carbonyl (C=O) groups excluding carboxylic acids is 3. The van der Waals surface area contributed by atoms with Gasteiger partial charge in [-0.2, -0.15) is 0 Å². The van der Waals surface area contributed by atoms with Crippen molar-refractivity contribution in [1.29, 1.82) is 0 Å². The lowest BCUT2D eigenvalue weighted by atomic mass is 10.2. The van der Waals surface area contributed by atoms with Crippen molar-refractivity contribution in [1.82, 2.24) is 4.90 Å². The normalized spacial score (nSPS) is 14.4. The molecule has 0 aliphatic carbocycles. The maximum absolute atomic E-state index is 13.8. The van der Waals surface area contributed by atoms with Gasteiger partial charge in [0.1, 0.15) is 13.2 Å². The summed E-state index contributed by atoms with van der Waals surface area (Å²) < 4.78 is 51.6. The van der Waals surface area contributed by atoms with E-state index in [1.165, 1.54) is 13.2 Å². The molecule has 34 heavy (non-hydrogen) atoms. The number of carbonyl (C=O) groups is 3. The second-order valence-electron chi connectivity index (χ2n) is 6.57. The number of hydrogen-bond acceptors (Lipinski definition) is 6. The molecule has 0 saturated carbocycles. The summed E-state index contributed by atoms with van der Waals surface area (Å²) in [7, 11) is 1.43. The number of halogens is 4. The predicted molar refractivity (Wildman–Crippen MR) is 128 cm³/mol. The van der Waals surface area contributed by atoms with E-state index in [0.717, 1.165) is 6.07 Å². The van der Waals surface area contributed by atoms with Crippen molar-refractivity contribution < 1.29 is 37.0 Å². The number of nitrogens with one attached hydrogen (secondary N) is 1. The summed E-state index contributed by atoms with van der Waals surface area (Å²) in [4.78, 5) is 37.9. The fourth-order valence-electron chi connectivity index (χ4n) is 2.82. The molecule has 1 aliphatic heterocycles. The highest BCUT2D eigenvalue weighted by atomic mass is 127. The van der Waals surface area contributed by atoms with Gasteiger partial charge < -0.3 is 14.8 Å². The number of anilines is 1. The van der Waals surface area contributed by atoms with E-state index >= 15 is 0 Å². The molecule has 0 spiro atoms. The largest absolute Gasteiger partial charge is 0.493 e. The molecule has 1 saturated heterocycles. The summed E-state index contributed by atoms with van der Waals surface area (Å²) in [6, 6.07) is 4.72. The van der Waals surface area contributed by atoms with Crippen LogP contribution in [-0.2, 0) is 9.59 Å². The van der Waals surface area contributed by atoms with E-state index in [-0.39, 0.29) is 11.5 Å². The topological polar surface area (TPSA) is 84.9 Å². The molecule has 1 aliphatic rings. The Kier molecular flexibility index (Phi) is 8.11. The van der Waals surface area contributed by atoms with Crippen LogP contribution < -0.4 is 14.8 Å². The van der Waals surface area contributed by atoms with Gasteiger partial charge in [0, 0.05) is 0 Å². The van der Waals surface area contributed by atoms with Crippen molar-refractivity contribution in [3.05, 3.63) is 55.8 Å². The molecular formula is C22H14F3IN2O5S. The molecule has 0 bridgehead atoms. The van der Waals surface area contributed by atoms with Gasteiger partial charge in [-0.05, 0) is 70.3 Å². The molecule has 7 nitrogen and oxygen atoms in total. The Morgan fingerprint density at radius 2 is 2.00 bits per heavy atom. The maximum atomic E-state index is 13.8. The fourth-order valence-corrected chi connectivity index (χ4v) is 4.44. The van der Waals surface area contributed by atoms with Crippen molar-refractivity contribution >= 4 is 63.2 Å². The minimum atomic E-state index is -1.76. The zero-order chi connectivity index (χ0) is 25.0. The first-order chi connectivity index (χ1) is 16.2. The standard InChI is InChI=1S/C22H14F3IN2O5S/c1-3-6-33-20-13(26)7-11(8-15(20)32-2)9-16-21(30)28(22(31)34-16)10-17(29)27-14-5-4-12(23)18(24)19(14)25/h1,4-5,7-9H,6,10H2,2H3,(H,27,29)/b16-9+. The lowest BCUT2D eigenvalue weighted by molar-refractivity contribution is -0.127. The van der Waals surface area contributed by atoms with Crippen LogP contribution >= 0.6 is 34.4 Å². The first-order valence-corrected chi connectivity index (χ1v) is 11.2. The Labute approximate surface area is 209 Å². The van der Waals surface area contributed by atoms with Crippen LogP contribution in [0.4, 0.5) is 23.7 Å². The van der Waals surface area contributed by atoms with E-state index in [9.17, 15) is 27.6 Å². The van der Waals surface area contributed by atoms with Crippen LogP contribution in [0.1, 0.15) is 5.56 Å². The Balaban J connectivity index is 1.77. The number of imide groups is 1. The average molecular weight is 602 g/mol. The number of nitrogens with zero attached hydrogens (tertiary/aromatic N) is 1. The molecule has 2 aromatic carbocycles. The summed E-state index contributed by atoms with van der Waals surface area (Å²) in [6.45, 7) is -0.721. The number of benzene rings is 2. The van der Waals surface area contributed by atoms with Crippen molar-refractivity contribution in [2.75, 3.05) is 25.6 Å². The zero-order valence-electron chi connectivity index (χ0n) is 17.3. The number of thioether (sulfide) groups is 1. The maximum Gasteiger partial charge on any atom is 0.294 e. The predicted octanol–water partition coefficient (Wildman–Crippen LogP) is 4.40. The molecule has 2 aromatic rings. The van der Waals surface area contributed by atoms with E-state index in [1.807, 2.05) is 27.9 Å². The lowest BCUT2D eigenvalue weighted by Gasteiger charge is -2.13. The first-order valence-electron chi connectivity index (χ1n) is 9.28. The molecule has 1 N–H and O–H groups in total. The lowest BCUT2D eigenvalue weighted by Crippen LogP contribution is -2.36. The molecule has 0 aromatic heterocycles. The summed E-state index contributed by atoms with van der Waals surface area (Å²) >= 11 is 2.61. The van der Waals surface area contributed by atoms with Crippen LogP contribution in [0.5, 0.6) is 11.5 Å². The van der Waals surface area contributed by atoms with Crippen LogP contribution in [0.3, 0.4) is 0 Å². The number of ether oxygens (including phenoxy) is 2. The number of methoxy groups -OCH3 is 1. The summed E-state index contributed by atoms with van der Waals surface area (Å²) in [5, 5.41) is 1.29. The van der Waals surface area contributed by atoms with Crippen LogP contribution in [0.15, 0.2) is 29.2 Å². The summed E-state index contributed by atoms with van der Waals surface area (Å²) in [5.74, 6) is -3.37. The first kappa shape index (κ1) is 25.4. The van der Waals surface area contributed by atoms with Gasteiger partial charge in [-0.3, -0.25) is 19.3 Å². The summed E-state index contributed by atoms with van der Waals surface area (Å²) in [6.07, 6.45) is 6.65. The fraction of sp³-hybridized carbons (Fsp3) is 0.136. The molecule has 1 fully saturated rings. The number of terminal acetylenes is 1. The molecular weight excluding hydrogens is 588 g/mol. The third kappa shape index (κ3) is 5.48. The van der Waals surface area contributed by atoms with Crippen LogP contribution in [0.25, 0.3) is 6.08 Å². The SMILES string of the molecule is C#CCOc1c(I)cc(/C=C2/SC(=O)N(CC(=O)Nc3ccc(F)c(F)c3F)C2=O)cc1OC. The second kappa shape index (κ2) is 10.8. The smallest absolute Gasteiger partial charge is 0.294 e. The van der Waals surface area contributed by atoms with Gasteiger partial charge in [-0.25, -0.2) is 13.2 Å². The Bertz CT molecular complexity index is 1260. The van der Waals surface area contributed by atoms with E-state index in [1.54, 1.807) is 12.1 Å². The summed E-state index contributed by atoms with van der Waals surface area (Å²) in [5.41, 5.74) is -0.103. The highest BCUT2D eigenvalue weighted by molar-refractivity contribution is 14.1. The highest BCUT2D eigenvalue weighted by Crippen LogP contribution is 2.37. The zero-order valence-corrected chi connectivity index (χ0v) is 20.3. The molecule has 1 heterocycles. The third-order valence-corrected chi connectivity index (χ3v) is 6.04. The van der Waals surface area contributed by atoms with E-state index < -0.39 is 46.7 Å². The van der Waals surface area contributed by atoms with Crippen LogP contribution in [-0.4, -0.2) is 42.2 Å². The number of rotatable bonds is 7. The molecule has 3 amide bonds. The van der Waals surface area contributed by atoms with Gasteiger partial charge in [-0.15, -0.1) is 6.42 Å². The van der Waals surface area contributed by atoms with Gasteiger partial charge in [0.15, 0.2) is 29.0 Å². The Morgan fingerprint density at radius 1 is 1.26 bits per heavy atom. The Hall–Kier alpha value is -3.18. The van der Waals surface area contributed by atoms with E-state index in [2.05, 4.69) is 5.92 Å². The van der Waals surface area contributed by atoms with Gasteiger partial charge in [0.25, 0.3) is 11.1 Å². The van der Waals surface area contributed by atoms with Gasteiger partial charge in [0.05, 0.1) is 21.3 Å². The van der Waals surface area contributed by atoms with Crippen molar-refractivity contribution in [2.24, 2.45) is 0 Å². The molecule has 3 rings (SSSR count). The average Bonchev–Trinajstić information content (AvgIpc) is 3.05. The minimum absolute atomic E-state index is 0.0289. The molecule has 176 valence electrons. The van der Waals surface area contributed by atoms with E-state index in [0.29, 0.717) is 43.4 Å².